The number of ether oxygens (including phenoxy) is 1. The van der Waals surface area contributed by atoms with E-state index in [0.29, 0.717) is 35.8 Å². The van der Waals surface area contributed by atoms with Crippen molar-refractivity contribution in [2.45, 2.75) is 44.4 Å². The van der Waals surface area contributed by atoms with E-state index >= 15 is 0 Å². The first-order valence-corrected chi connectivity index (χ1v) is 12.3. The van der Waals surface area contributed by atoms with Crippen molar-refractivity contribution in [1.82, 2.24) is 29.4 Å². The summed E-state index contributed by atoms with van der Waals surface area (Å²) in [6, 6.07) is 17.0. The number of fused-ring (bicyclic) bond motifs is 1. The molecule has 1 aliphatic carbocycles. The molecule has 184 valence electrons. The Labute approximate surface area is 213 Å². The van der Waals surface area contributed by atoms with Gasteiger partial charge in [-0.3, -0.25) is 4.90 Å². The molecule has 2 aliphatic rings. The van der Waals surface area contributed by atoms with Gasteiger partial charge in [-0.15, -0.1) is 5.10 Å². The summed E-state index contributed by atoms with van der Waals surface area (Å²) < 4.78 is 9.71. The summed E-state index contributed by atoms with van der Waals surface area (Å²) in [6.07, 6.45) is 6.92. The number of aromatic nitrogens is 5. The van der Waals surface area contributed by atoms with E-state index in [1.807, 2.05) is 24.5 Å². The van der Waals surface area contributed by atoms with Gasteiger partial charge < -0.3 is 9.30 Å². The third-order valence-corrected chi connectivity index (χ3v) is 7.29. The number of imidazole rings is 1. The molecule has 37 heavy (non-hydrogen) atoms. The Morgan fingerprint density at radius 1 is 1.14 bits per heavy atom. The van der Waals surface area contributed by atoms with Crippen molar-refractivity contribution < 1.29 is 9.53 Å². The molecule has 2 atom stereocenters. The van der Waals surface area contributed by atoms with Crippen LogP contribution >= 0.6 is 0 Å². The first-order valence-electron chi connectivity index (χ1n) is 12.3. The maximum atomic E-state index is 12.8. The standard InChI is InChI=1S/C27H24N8O2/c28-12-19-3-1-5-23(9-19)35-16-22(31-32-35)15-33-17-27(37-26(33)36)8-2-4-21(11-27)14-34-18-30-24-7-6-20(13-29)10-25(24)34/h1,3,5-7,9-10,16,18,21H,2,4,8,11,14-15,17H2. The molecule has 2 aromatic carbocycles. The molecule has 0 N–H and O–H groups in total. The monoisotopic (exact) mass is 492 g/mol. The van der Waals surface area contributed by atoms with Gasteiger partial charge in [-0.05, 0) is 68.0 Å². The van der Waals surface area contributed by atoms with Crippen molar-refractivity contribution in [3.8, 4) is 17.8 Å². The average molecular weight is 493 g/mol. The minimum absolute atomic E-state index is 0.312. The van der Waals surface area contributed by atoms with Crippen molar-refractivity contribution in [2.24, 2.45) is 5.92 Å². The van der Waals surface area contributed by atoms with Crippen molar-refractivity contribution >= 4 is 17.1 Å². The van der Waals surface area contributed by atoms with Crippen LogP contribution in [0.5, 0.6) is 0 Å². The maximum absolute atomic E-state index is 12.8. The molecular formula is C27H24N8O2. The van der Waals surface area contributed by atoms with Gasteiger partial charge in [0.05, 0.1) is 65.6 Å². The molecule has 10 nitrogen and oxygen atoms in total. The summed E-state index contributed by atoms with van der Waals surface area (Å²) >= 11 is 0. The molecule has 1 saturated heterocycles. The number of carbonyl (C=O) groups excluding carboxylic acids is 1. The summed E-state index contributed by atoms with van der Waals surface area (Å²) in [7, 11) is 0. The number of hydrogen-bond donors (Lipinski definition) is 0. The highest BCUT2D eigenvalue weighted by atomic mass is 16.6. The lowest BCUT2D eigenvalue weighted by molar-refractivity contribution is 0.00415. The van der Waals surface area contributed by atoms with Gasteiger partial charge in [-0.1, -0.05) is 11.3 Å². The van der Waals surface area contributed by atoms with Crippen molar-refractivity contribution in [3.05, 3.63) is 71.8 Å². The molecule has 1 saturated carbocycles. The zero-order valence-corrected chi connectivity index (χ0v) is 20.1. The second-order valence-corrected chi connectivity index (χ2v) is 9.90. The predicted molar refractivity (Wildman–Crippen MR) is 132 cm³/mol. The molecule has 1 aliphatic heterocycles. The third-order valence-electron chi connectivity index (χ3n) is 7.29. The maximum Gasteiger partial charge on any atom is 0.410 e. The highest BCUT2D eigenvalue weighted by Gasteiger charge is 2.48. The Balaban J connectivity index is 1.14. The van der Waals surface area contributed by atoms with Crippen LogP contribution in [-0.4, -0.2) is 47.7 Å². The van der Waals surface area contributed by atoms with E-state index in [2.05, 4.69) is 32.0 Å². The van der Waals surface area contributed by atoms with E-state index in [0.717, 1.165) is 48.9 Å². The van der Waals surface area contributed by atoms with E-state index in [4.69, 9.17) is 10.00 Å². The lowest BCUT2D eigenvalue weighted by Crippen LogP contribution is -2.40. The molecule has 2 fully saturated rings. The molecule has 10 heteroatoms. The zero-order chi connectivity index (χ0) is 25.4. The minimum Gasteiger partial charge on any atom is -0.441 e. The Morgan fingerprint density at radius 2 is 2.00 bits per heavy atom. The first-order chi connectivity index (χ1) is 18.0. The van der Waals surface area contributed by atoms with E-state index < -0.39 is 5.60 Å². The Hall–Kier alpha value is -4.70. The van der Waals surface area contributed by atoms with Gasteiger partial charge in [-0.2, -0.15) is 10.5 Å². The normalized spacial score (nSPS) is 21.2. The largest absolute Gasteiger partial charge is 0.441 e. The van der Waals surface area contributed by atoms with Gasteiger partial charge in [-0.25, -0.2) is 14.5 Å². The van der Waals surface area contributed by atoms with Crippen LogP contribution in [0.15, 0.2) is 55.0 Å². The van der Waals surface area contributed by atoms with Crippen molar-refractivity contribution in [3.63, 3.8) is 0 Å². The number of amides is 1. The van der Waals surface area contributed by atoms with Crippen LogP contribution in [0.4, 0.5) is 4.79 Å². The second-order valence-electron chi connectivity index (χ2n) is 9.90. The molecule has 1 amide bonds. The average Bonchev–Trinajstić information content (AvgIpc) is 3.62. The lowest BCUT2D eigenvalue weighted by atomic mass is 9.78. The van der Waals surface area contributed by atoms with Crippen LogP contribution in [0.2, 0.25) is 0 Å². The molecule has 6 rings (SSSR count). The summed E-state index contributed by atoms with van der Waals surface area (Å²) in [5.41, 5.74) is 3.86. The molecule has 2 aromatic heterocycles. The number of nitriles is 2. The Kier molecular flexibility index (Phi) is 5.57. The van der Waals surface area contributed by atoms with E-state index in [1.165, 1.54) is 0 Å². The van der Waals surface area contributed by atoms with Gasteiger partial charge in [0.2, 0.25) is 0 Å². The Morgan fingerprint density at radius 3 is 2.86 bits per heavy atom. The first kappa shape index (κ1) is 22.7. The number of benzene rings is 2. The third kappa shape index (κ3) is 4.38. The van der Waals surface area contributed by atoms with Gasteiger partial charge in [0.1, 0.15) is 11.3 Å². The van der Waals surface area contributed by atoms with Crippen LogP contribution in [0.1, 0.15) is 42.5 Å². The second kappa shape index (κ2) is 9.07. The van der Waals surface area contributed by atoms with Crippen molar-refractivity contribution in [2.75, 3.05) is 6.54 Å². The van der Waals surface area contributed by atoms with Gasteiger partial charge in [0.15, 0.2) is 0 Å². The molecule has 2 unspecified atom stereocenters. The fraction of sp³-hybridized carbons (Fsp3) is 0.333. The summed E-state index contributed by atoms with van der Waals surface area (Å²) in [5.74, 6) is 0.331. The van der Waals surface area contributed by atoms with E-state index in [9.17, 15) is 10.1 Å². The fourth-order valence-corrected chi connectivity index (χ4v) is 5.61. The predicted octanol–water partition coefficient (Wildman–Crippen LogP) is 3.94. The van der Waals surface area contributed by atoms with Crippen LogP contribution in [0, 0.1) is 28.6 Å². The molecule has 1 spiro atoms. The molecule has 0 radical (unpaired) electrons. The van der Waals surface area contributed by atoms with Gasteiger partial charge in [0, 0.05) is 6.54 Å². The zero-order valence-electron chi connectivity index (χ0n) is 20.1. The minimum atomic E-state index is -0.509. The Bertz CT molecular complexity index is 1580. The highest BCUT2D eigenvalue weighted by molar-refractivity contribution is 5.77. The number of nitrogens with zero attached hydrogens (tertiary/aromatic N) is 8. The summed E-state index contributed by atoms with van der Waals surface area (Å²) in [4.78, 5) is 19.0. The molecular weight excluding hydrogens is 468 g/mol. The lowest BCUT2D eigenvalue weighted by Gasteiger charge is -2.36. The van der Waals surface area contributed by atoms with E-state index in [-0.39, 0.29) is 6.09 Å². The van der Waals surface area contributed by atoms with Crippen LogP contribution in [0.25, 0.3) is 16.7 Å². The SMILES string of the molecule is N#Cc1cccc(-n2cc(CN3CC4(CCCC(Cn5cnc6ccc(C#N)cc65)C4)OC3=O)nn2)c1. The molecule has 0 bridgehead atoms. The number of rotatable bonds is 5. The molecule has 4 aromatic rings. The number of carbonyl (C=O) groups is 1. The summed E-state index contributed by atoms with van der Waals surface area (Å²) in [6.45, 7) is 1.59. The fourth-order valence-electron chi connectivity index (χ4n) is 5.61. The van der Waals surface area contributed by atoms with E-state index in [1.54, 1.807) is 40.0 Å². The quantitative estimate of drug-likeness (QED) is 0.413. The van der Waals surface area contributed by atoms with Gasteiger partial charge >= 0.3 is 6.09 Å². The van der Waals surface area contributed by atoms with Crippen molar-refractivity contribution in [1.29, 1.82) is 10.5 Å². The van der Waals surface area contributed by atoms with Gasteiger partial charge in [0.25, 0.3) is 0 Å². The highest BCUT2D eigenvalue weighted by Crippen LogP contribution is 2.41. The van der Waals surface area contributed by atoms with Crippen LogP contribution in [-0.2, 0) is 17.8 Å². The van der Waals surface area contributed by atoms with Crippen LogP contribution < -0.4 is 0 Å². The molecule has 3 heterocycles. The topological polar surface area (TPSA) is 126 Å². The number of hydrogen-bond acceptors (Lipinski definition) is 7. The van der Waals surface area contributed by atoms with Crippen LogP contribution in [0.3, 0.4) is 0 Å². The smallest absolute Gasteiger partial charge is 0.410 e. The summed E-state index contributed by atoms with van der Waals surface area (Å²) in [5, 5.41) is 26.8.